The first-order valence-corrected chi connectivity index (χ1v) is 48.6. The molecule has 4 bridgehead atoms. The number of methoxy groups -OCH3 is 3. The van der Waals surface area contributed by atoms with Crippen molar-refractivity contribution in [2.24, 2.45) is 46.3 Å². The highest BCUT2D eigenvalue weighted by Crippen LogP contribution is 2.65. The minimum absolute atomic E-state index is 0.0114. The molecule has 37 heteroatoms. The summed E-state index contributed by atoms with van der Waals surface area (Å²) in [7, 11) is 4.50. The molecular formula is C102H148N4O33. The van der Waals surface area contributed by atoms with Crippen molar-refractivity contribution < 1.29 is 159 Å². The quantitative estimate of drug-likeness (QED) is 0.00791. The van der Waals surface area contributed by atoms with Crippen LogP contribution < -0.4 is 16.0 Å². The molecule has 0 radical (unpaired) electrons. The number of alkyl carbamates (subject to hydrolysis) is 2. The van der Waals surface area contributed by atoms with Gasteiger partial charge in [0, 0.05) is 96.9 Å². The van der Waals surface area contributed by atoms with Crippen LogP contribution in [0.3, 0.4) is 0 Å². The fourth-order valence-electron chi connectivity index (χ4n) is 21.0. The molecule has 4 aliphatic heterocycles. The number of allylic oxidation sites excluding steroid dienone is 4. The summed E-state index contributed by atoms with van der Waals surface area (Å²) < 4.78 is 95.3. The van der Waals surface area contributed by atoms with E-state index >= 15 is 4.79 Å². The second-order valence-corrected chi connectivity index (χ2v) is 40.0. The molecule has 139 heavy (non-hydrogen) atoms. The van der Waals surface area contributed by atoms with E-state index in [0.29, 0.717) is 63.5 Å². The van der Waals surface area contributed by atoms with Crippen LogP contribution in [0.4, 0.5) is 9.59 Å². The van der Waals surface area contributed by atoms with Gasteiger partial charge in [0.15, 0.2) is 23.6 Å². The smallest absolute Gasteiger partial charge is 0.408 e. The number of hydrogen-bond donors (Lipinski definition) is 9. The molecular weight excluding hydrogens is 1810 g/mol. The van der Waals surface area contributed by atoms with Gasteiger partial charge in [-0.25, -0.2) is 24.0 Å². The molecule has 0 unspecified atom stereocenters. The maximum Gasteiger partial charge on any atom is 0.408 e. The second kappa shape index (κ2) is 50.4. The Bertz CT molecular complexity index is 4630. The lowest BCUT2D eigenvalue weighted by molar-refractivity contribution is -0.345. The van der Waals surface area contributed by atoms with Gasteiger partial charge in [-0.05, 0) is 171 Å². The number of ether oxygens (including phenoxy) is 16. The Morgan fingerprint density at radius 2 is 1.31 bits per heavy atom. The van der Waals surface area contributed by atoms with Crippen molar-refractivity contribution in [1.82, 2.24) is 20.9 Å². The molecule has 3 saturated heterocycles. The van der Waals surface area contributed by atoms with E-state index in [-0.39, 0.29) is 151 Å². The third kappa shape index (κ3) is 27.6. The van der Waals surface area contributed by atoms with Crippen LogP contribution >= 0.6 is 0 Å². The molecule has 4 aliphatic carbocycles. The third-order valence-corrected chi connectivity index (χ3v) is 28.7. The molecule has 2 aromatic carbocycles. The Balaban J connectivity index is 0.684. The third-order valence-electron chi connectivity index (χ3n) is 28.7. The van der Waals surface area contributed by atoms with Gasteiger partial charge in [-0.1, -0.05) is 107 Å². The van der Waals surface area contributed by atoms with Crippen LogP contribution in [-0.4, -0.2) is 322 Å². The summed E-state index contributed by atoms with van der Waals surface area (Å²) in [5.41, 5.74) is -7.86. The van der Waals surface area contributed by atoms with Crippen molar-refractivity contribution >= 4 is 65.2 Å². The van der Waals surface area contributed by atoms with Gasteiger partial charge < -0.3 is 127 Å². The Morgan fingerprint density at radius 3 is 1.92 bits per heavy atom. The van der Waals surface area contributed by atoms with Gasteiger partial charge in [0.25, 0.3) is 11.7 Å². The zero-order valence-corrected chi connectivity index (χ0v) is 83.2. The van der Waals surface area contributed by atoms with E-state index in [4.69, 9.17) is 75.8 Å². The van der Waals surface area contributed by atoms with Crippen molar-refractivity contribution in [3.05, 3.63) is 118 Å². The van der Waals surface area contributed by atoms with E-state index in [1.165, 1.54) is 67.2 Å². The Labute approximate surface area is 813 Å². The number of hydrogen-bond acceptors (Lipinski definition) is 33. The lowest BCUT2D eigenvalue weighted by Crippen LogP contribution is -2.82. The number of amides is 4. The lowest BCUT2D eigenvalue weighted by atomic mass is 9.44. The minimum atomic E-state index is -2.61. The topological polar surface area (TPSA) is 496 Å². The number of piperidine rings is 1. The fourth-order valence-corrected chi connectivity index (χ4v) is 21.0. The highest BCUT2D eigenvalue weighted by Gasteiger charge is 2.79. The van der Waals surface area contributed by atoms with Crippen molar-refractivity contribution in [2.45, 2.75) is 294 Å². The number of benzene rings is 2. The first kappa shape index (κ1) is 112. The summed E-state index contributed by atoms with van der Waals surface area (Å²) in [6.45, 7) is 22.4. The molecule has 10 rings (SSSR count). The fraction of sp³-hybridized carbons (Fsp3) is 0.696. The van der Waals surface area contributed by atoms with Gasteiger partial charge in [-0.3, -0.25) is 28.8 Å². The molecule has 3 saturated carbocycles. The van der Waals surface area contributed by atoms with Crippen molar-refractivity contribution in [3.63, 3.8) is 0 Å². The largest absolute Gasteiger partial charge is 0.456 e. The van der Waals surface area contributed by atoms with Gasteiger partial charge >= 0.3 is 36.1 Å². The SMILES string of the molecule is CO[C@H]1C[C@H](C)C/C(C)=C\[C@@H](C/C=C/C(=O)NCCCOCCOCCOCCOCCOCCNC(=O)O[C@H]2C(=O)[C@@]3(C)[C@H]([C@H](OC(=O)c4ccccc4)[C@]4(O)C[C@H](OC(=O)[C@@H](O)[C@@H](NC(=O)OC(C)(C)C)c5ccccc5)C(C)=C2C4(C)C)[C@]2(OC(C)=O)CO[C@@H]2C[C@@H]3O)C(=O)C[C@H](O)[C@H](C)[C@H](/C(C)=C/[C@H]2CC[C@H](O)[C@@H](OC)C2)OC(=O)[C@H]2CCCCN2C(=O)C(=O)[C@@]2(O)O[C@@H]1[C@H](OC)C[C@@H]2C. The maximum atomic E-state index is 16.2. The molecule has 8 aliphatic rings. The van der Waals surface area contributed by atoms with E-state index in [0.717, 1.165) is 17.4 Å². The molecule has 9 N–H and O–H groups in total. The molecule has 2 aromatic rings. The summed E-state index contributed by atoms with van der Waals surface area (Å²) in [6.07, 6.45) is -9.22. The molecule has 6 fully saturated rings. The van der Waals surface area contributed by atoms with E-state index in [1.807, 2.05) is 26.0 Å². The Hall–Kier alpha value is -8.87. The first-order valence-electron chi connectivity index (χ1n) is 48.6. The standard InChI is InChI=1S/C102H148N4O33/c1-59-49-60(2)51-75(125-15)85-76(126-16)53-62(4)102(123,138-85)89(115)91(116)106-38-24-23-32-70(106)93(118)134-84(61(3)52-66-34-35-71(108)74(54-66)124-14)63(5)72(109)55-73(110)69(50-59)31-25-33-80(112)103-36-26-39-127-41-43-129-45-47-131-48-46-130-44-42-128-40-37-104-95(120)135-86-81-64(6)77(133-94(119)83(113)82(67-27-19-17-20-28-67)105-96(121)139-97(8,9)10)57-101(122,98(81,11)12)90(136-92(117)68-29-21-18-22-30-68)87-99(13,88(86)114)78(111)56-79-100(87,58-132-79)137-65(7)107/h17-22,25,27-30,33,50,52,60,62-63,66,69-72,74-79,82-87,90,108-109,111,113,122-123H,23-24,26,31-32,34-49,51,53-58H2,1-16H3,(H,103,112)(H,104,120)(H,105,121)/b33-25+,59-50-,61-52+/t60-,62+,63+,66-,69-,70-,71+,72+,74+,75+,76-,77+,78+,79-,82+,83+,84+,85+,86-,87+,90+,99-,100+,101-,102+/m1/s1. The number of fused-ring (bicyclic) bond motifs is 8. The Kier molecular flexibility index (Phi) is 40.6. The lowest BCUT2D eigenvalue weighted by Gasteiger charge is -2.67. The molecule has 25 atom stereocenters. The number of nitrogens with zero attached hydrogens (tertiary/aromatic N) is 1. The second-order valence-electron chi connectivity index (χ2n) is 40.0. The van der Waals surface area contributed by atoms with E-state index in [2.05, 4.69) is 16.0 Å². The number of rotatable bonds is 36. The van der Waals surface area contributed by atoms with Gasteiger partial charge in [0.1, 0.15) is 53.5 Å². The van der Waals surface area contributed by atoms with Crippen LogP contribution in [0.25, 0.3) is 0 Å². The zero-order chi connectivity index (χ0) is 102. The predicted molar refractivity (Wildman–Crippen MR) is 499 cm³/mol. The van der Waals surface area contributed by atoms with Gasteiger partial charge in [0.2, 0.25) is 11.7 Å². The number of ketones is 3. The maximum absolute atomic E-state index is 16.2. The number of aliphatic hydroxyl groups is 6. The molecule has 774 valence electrons. The number of aliphatic hydroxyl groups excluding tert-OH is 4. The zero-order valence-electron chi connectivity index (χ0n) is 83.2. The van der Waals surface area contributed by atoms with Crippen LogP contribution in [0.5, 0.6) is 0 Å². The van der Waals surface area contributed by atoms with Gasteiger partial charge in [-0.15, -0.1) is 0 Å². The number of cyclic esters (lactones) is 1. The van der Waals surface area contributed by atoms with Crippen LogP contribution in [0, 0.1) is 46.3 Å². The van der Waals surface area contributed by atoms with Gasteiger partial charge in [-0.2, -0.15) is 0 Å². The summed E-state index contributed by atoms with van der Waals surface area (Å²) >= 11 is 0. The molecule has 0 aromatic heterocycles. The molecule has 4 amide bonds. The van der Waals surface area contributed by atoms with Crippen molar-refractivity contribution in [1.29, 1.82) is 0 Å². The summed E-state index contributed by atoms with van der Waals surface area (Å²) in [6, 6.07) is 13.0. The van der Waals surface area contributed by atoms with E-state index < -0.39 is 221 Å². The predicted octanol–water partition coefficient (Wildman–Crippen LogP) is 7.61. The number of Topliss-reactive ketones (excluding diaryl/α,β-unsaturated/α-hetero) is 3. The summed E-state index contributed by atoms with van der Waals surface area (Å²) in [4.78, 5) is 160. The highest BCUT2D eigenvalue weighted by atomic mass is 16.7. The van der Waals surface area contributed by atoms with Gasteiger partial charge in [0.05, 0.1) is 126 Å². The van der Waals surface area contributed by atoms with E-state index in [9.17, 15) is 78.6 Å². The van der Waals surface area contributed by atoms with Crippen LogP contribution in [0.1, 0.15) is 202 Å². The van der Waals surface area contributed by atoms with Crippen molar-refractivity contribution in [3.8, 4) is 0 Å². The number of carbonyl (C=O) groups is 11. The minimum Gasteiger partial charge on any atom is -0.456 e. The summed E-state index contributed by atoms with van der Waals surface area (Å²) in [5, 5.41) is 81.8. The first-order chi connectivity index (χ1) is 65.9. The normalized spacial score (nSPS) is 33.0. The molecule has 37 nitrogen and oxygen atoms in total. The monoisotopic (exact) mass is 1960 g/mol. The van der Waals surface area contributed by atoms with E-state index in [1.54, 1.807) is 96.1 Å². The average Bonchev–Trinajstić information content (AvgIpc) is 0.666. The average molecular weight is 1960 g/mol. The van der Waals surface area contributed by atoms with Crippen LogP contribution in [0.15, 0.2) is 107 Å². The van der Waals surface area contributed by atoms with Crippen LogP contribution in [0.2, 0.25) is 0 Å². The van der Waals surface area contributed by atoms with Crippen LogP contribution in [-0.2, 0) is 114 Å². The highest BCUT2D eigenvalue weighted by molar-refractivity contribution is 6.39. The molecule has 4 heterocycles. The van der Waals surface area contributed by atoms with Crippen molar-refractivity contribution in [2.75, 3.05) is 114 Å². The Morgan fingerprint density at radius 1 is 0.691 bits per heavy atom. The molecule has 0 spiro atoms. The number of esters is 4. The number of carbonyl (C=O) groups excluding carboxylic acids is 11. The summed E-state index contributed by atoms with van der Waals surface area (Å²) in [5.74, 6) is -15.2. The number of nitrogens with one attached hydrogen (secondary N) is 3.